The Morgan fingerprint density at radius 2 is 1.67 bits per heavy atom. The first kappa shape index (κ1) is 28.6. The highest BCUT2D eigenvalue weighted by atomic mass is 35.5. The van der Waals surface area contributed by atoms with E-state index < -0.39 is 17.6 Å². The van der Waals surface area contributed by atoms with Crippen molar-refractivity contribution in [2.75, 3.05) is 32.9 Å². The minimum absolute atomic E-state index is 0.00792. The van der Waals surface area contributed by atoms with E-state index in [1.807, 2.05) is 60.7 Å². The molecule has 3 aromatic carbocycles. The van der Waals surface area contributed by atoms with E-state index in [-0.39, 0.29) is 17.9 Å². The average molecular weight is 549 g/mol. The minimum Gasteiger partial charge on any atom is -0.398 e. The van der Waals surface area contributed by atoms with Gasteiger partial charge in [0.25, 0.3) is 5.91 Å². The monoisotopic (exact) mass is 548 g/mol. The number of nitrogens with one attached hydrogen (secondary N) is 1. The molecular formula is C31H37ClN4O3. The number of amides is 2. The molecule has 39 heavy (non-hydrogen) atoms. The standard InChI is InChI=1S/C31H37ClN4O3/c1-21(36-17-16-27(28(37)20-36)34-29(38)25-18-24(32)14-15-26(25)33)19-31(30(39)35(2)3,22-10-6-4-7-11-22)23-12-8-5-9-13-23/h4-15,18,21,27-28,37H,16-17,19-20,33H2,1-3H3,(H,34,38)/t21?,27-,28-/m1/s1. The molecule has 3 aromatic rings. The van der Waals surface area contributed by atoms with E-state index in [1.54, 1.807) is 31.1 Å². The lowest BCUT2D eigenvalue weighted by Crippen LogP contribution is -2.57. The number of β-amino-alcohol motifs (C(OH)–C–C–N with tert-alkyl or cyclic N) is 1. The van der Waals surface area contributed by atoms with Gasteiger partial charge in [-0.15, -0.1) is 0 Å². The van der Waals surface area contributed by atoms with Crippen molar-refractivity contribution >= 4 is 29.1 Å². The van der Waals surface area contributed by atoms with Crippen LogP contribution in [0.3, 0.4) is 0 Å². The molecule has 0 aliphatic carbocycles. The van der Waals surface area contributed by atoms with Crippen LogP contribution < -0.4 is 11.1 Å². The molecule has 1 heterocycles. The van der Waals surface area contributed by atoms with Gasteiger partial charge in [0.05, 0.1) is 17.7 Å². The number of aliphatic hydroxyl groups excluding tert-OH is 1. The molecule has 0 bridgehead atoms. The van der Waals surface area contributed by atoms with Crippen LogP contribution in [-0.2, 0) is 10.2 Å². The molecule has 7 nitrogen and oxygen atoms in total. The van der Waals surface area contributed by atoms with E-state index in [1.165, 1.54) is 6.07 Å². The zero-order valence-corrected chi connectivity index (χ0v) is 23.4. The Morgan fingerprint density at radius 1 is 1.08 bits per heavy atom. The van der Waals surface area contributed by atoms with Crippen molar-refractivity contribution in [3.8, 4) is 0 Å². The van der Waals surface area contributed by atoms with Gasteiger partial charge in [-0.2, -0.15) is 0 Å². The maximum Gasteiger partial charge on any atom is 0.253 e. The highest BCUT2D eigenvalue weighted by Gasteiger charge is 2.45. The number of benzene rings is 3. The summed E-state index contributed by atoms with van der Waals surface area (Å²) in [5, 5.41) is 14.4. The van der Waals surface area contributed by atoms with Crippen LogP contribution >= 0.6 is 11.6 Å². The molecule has 1 fully saturated rings. The van der Waals surface area contributed by atoms with E-state index in [4.69, 9.17) is 17.3 Å². The first-order chi connectivity index (χ1) is 18.6. The van der Waals surface area contributed by atoms with Gasteiger partial charge in [0, 0.05) is 43.9 Å². The van der Waals surface area contributed by atoms with Crippen molar-refractivity contribution in [2.24, 2.45) is 0 Å². The van der Waals surface area contributed by atoms with Crippen LogP contribution in [0.4, 0.5) is 5.69 Å². The lowest BCUT2D eigenvalue weighted by Gasteiger charge is -2.44. The number of nitrogens with zero attached hydrogens (tertiary/aromatic N) is 2. The number of hydrogen-bond donors (Lipinski definition) is 3. The van der Waals surface area contributed by atoms with Crippen molar-refractivity contribution in [1.82, 2.24) is 15.1 Å². The van der Waals surface area contributed by atoms with Crippen LogP contribution in [0, 0.1) is 0 Å². The van der Waals surface area contributed by atoms with E-state index >= 15 is 0 Å². The van der Waals surface area contributed by atoms with Gasteiger partial charge in [-0.3, -0.25) is 14.5 Å². The predicted molar refractivity (Wildman–Crippen MR) is 156 cm³/mol. The Morgan fingerprint density at radius 3 is 2.21 bits per heavy atom. The van der Waals surface area contributed by atoms with Crippen LogP contribution in [0.5, 0.6) is 0 Å². The second kappa shape index (κ2) is 12.2. The topological polar surface area (TPSA) is 98.9 Å². The number of carbonyl (C=O) groups is 2. The van der Waals surface area contributed by atoms with Crippen molar-refractivity contribution in [1.29, 1.82) is 0 Å². The summed E-state index contributed by atoms with van der Waals surface area (Å²) in [5.41, 5.74) is 7.57. The normalized spacial score (nSPS) is 18.8. The number of carbonyl (C=O) groups excluding carboxylic acids is 2. The summed E-state index contributed by atoms with van der Waals surface area (Å²) in [6.45, 7) is 3.12. The molecule has 4 N–H and O–H groups in total. The van der Waals surface area contributed by atoms with Crippen LogP contribution in [0.1, 0.15) is 41.3 Å². The summed E-state index contributed by atoms with van der Waals surface area (Å²) in [7, 11) is 3.58. The Balaban J connectivity index is 1.55. The fourth-order valence-corrected chi connectivity index (χ4v) is 5.80. The number of anilines is 1. The molecule has 0 spiro atoms. The number of rotatable bonds is 8. The van der Waals surface area contributed by atoms with E-state index in [0.717, 1.165) is 11.1 Å². The highest BCUT2D eigenvalue weighted by molar-refractivity contribution is 6.31. The Hall–Kier alpha value is -3.39. The first-order valence-corrected chi connectivity index (χ1v) is 13.6. The summed E-state index contributed by atoms with van der Waals surface area (Å²) in [5.74, 6) is -0.349. The fourth-order valence-electron chi connectivity index (χ4n) is 5.63. The van der Waals surface area contributed by atoms with E-state index in [9.17, 15) is 14.7 Å². The second-order valence-electron chi connectivity index (χ2n) is 10.6. The maximum absolute atomic E-state index is 14.0. The Labute approximate surface area is 235 Å². The number of likely N-dealkylation sites (tertiary alicyclic amines) is 1. The van der Waals surface area contributed by atoms with Crippen LogP contribution in [0.15, 0.2) is 78.9 Å². The summed E-state index contributed by atoms with van der Waals surface area (Å²) in [6.07, 6.45) is 0.307. The number of aliphatic hydroxyl groups is 1. The van der Waals surface area contributed by atoms with Crippen molar-refractivity contribution in [3.05, 3.63) is 101 Å². The molecule has 1 aliphatic rings. The number of nitrogens with two attached hydrogens (primary N) is 1. The summed E-state index contributed by atoms with van der Waals surface area (Å²) in [6, 6.07) is 24.1. The number of halogens is 1. The molecule has 0 aromatic heterocycles. The predicted octanol–water partition coefficient (Wildman–Crippen LogP) is 3.94. The van der Waals surface area contributed by atoms with Crippen LogP contribution in [-0.4, -0.2) is 72.1 Å². The molecule has 0 radical (unpaired) electrons. The van der Waals surface area contributed by atoms with Gasteiger partial charge in [-0.1, -0.05) is 72.3 Å². The zero-order chi connectivity index (χ0) is 28.2. The van der Waals surface area contributed by atoms with Crippen molar-refractivity contribution in [2.45, 2.75) is 43.4 Å². The number of likely N-dealkylation sites (N-methyl/N-ethyl adjacent to an activating group) is 1. The molecule has 1 aliphatic heterocycles. The number of hydrogen-bond acceptors (Lipinski definition) is 5. The highest BCUT2D eigenvalue weighted by Crippen LogP contribution is 2.39. The largest absolute Gasteiger partial charge is 0.398 e. The molecule has 1 saturated heterocycles. The van der Waals surface area contributed by atoms with Gasteiger partial charge in [0.15, 0.2) is 0 Å². The van der Waals surface area contributed by atoms with E-state index in [0.29, 0.717) is 42.2 Å². The lowest BCUT2D eigenvalue weighted by molar-refractivity contribution is -0.134. The second-order valence-corrected chi connectivity index (χ2v) is 11.0. The van der Waals surface area contributed by atoms with Crippen LogP contribution in [0.2, 0.25) is 5.02 Å². The third-order valence-corrected chi connectivity index (χ3v) is 7.95. The average Bonchev–Trinajstić information content (AvgIpc) is 2.94. The smallest absolute Gasteiger partial charge is 0.253 e. The van der Waals surface area contributed by atoms with Gasteiger partial charge in [-0.25, -0.2) is 0 Å². The first-order valence-electron chi connectivity index (χ1n) is 13.2. The fraction of sp³-hybridized carbons (Fsp3) is 0.355. The Kier molecular flexibility index (Phi) is 8.95. The zero-order valence-electron chi connectivity index (χ0n) is 22.7. The summed E-state index contributed by atoms with van der Waals surface area (Å²) in [4.78, 5) is 30.7. The quantitative estimate of drug-likeness (QED) is 0.370. The molecule has 0 saturated carbocycles. The van der Waals surface area contributed by atoms with Crippen molar-refractivity contribution in [3.63, 3.8) is 0 Å². The molecule has 3 atom stereocenters. The SMILES string of the molecule is CC(CC(C(=O)N(C)C)(c1ccccc1)c1ccccc1)N1CC[C@@H](NC(=O)c2cc(Cl)ccc2N)[C@H](O)C1. The van der Waals surface area contributed by atoms with Gasteiger partial charge in [0.2, 0.25) is 5.91 Å². The molecular weight excluding hydrogens is 512 g/mol. The van der Waals surface area contributed by atoms with Gasteiger partial charge < -0.3 is 21.1 Å². The minimum atomic E-state index is -0.897. The van der Waals surface area contributed by atoms with Crippen LogP contribution in [0.25, 0.3) is 0 Å². The number of nitrogen functional groups attached to an aromatic ring is 1. The molecule has 2 amide bonds. The number of piperidine rings is 1. The molecule has 1 unspecified atom stereocenters. The van der Waals surface area contributed by atoms with Crippen molar-refractivity contribution < 1.29 is 14.7 Å². The lowest BCUT2D eigenvalue weighted by atomic mass is 9.69. The van der Waals surface area contributed by atoms with Gasteiger partial charge in [0.1, 0.15) is 5.41 Å². The summed E-state index contributed by atoms with van der Waals surface area (Å²) < 4.78 is 0. The van der Waals surface area contributed by atoms with Gasteiger partial charge in [-0.05, 0) is 49.1 Å². The third-order valence-electron chi connectivity index (χ3n) is 7.72. The van der Waals surface area contributed by atoms with E-state index in [2.05, 4.69) is 17.1 Å². The molecule has 206 valence electrons. The molecule has 8 heteroatoms. The summed E-state index contributed by atoms with van der Waals surface area (Å²) >= 11 is 6.05. The Bertz CT molecular complexity index is 1250. The molecule has 4 rings (SSSR count). The van der Waals surface area contributed by atoms with Gasteiger partial charge >= 0.3 is 0 Å². The third kappa shape index (κ3) is 6.11. The maximum atomic E-state index is 14.0.